The van der Waals surface area contributed by atoms with E-state index in [1.165, 1.54) is 0 Å². The molecule has 0 fully saturated rings. The van der Waals surface area contributed by atoms with E-state index in [1.807, 2.05) is 12.1 Å². The molecule has 0 radical (unpaired) electrons. The van der Waals surface area contributed by atoms with Crippen LogP contribution in [0.1, 0.15) is 24.2 Å². The number of fused-ring (bicyclic) bond motifs is 1. The van der Waals surface area contributed by atoms with Gasteiger partial charge in [-0.15, -0.1) is 0 Å². The predicted molar refractivity (Wildman–Crippen MR) is 80.7 cm³/mol. The Morgan fingerprint density at radius 2 is 2.20 bits per heavy atom. The van der Waals surface area contributed by atoms with Crippen molar-refractivity contribution in [2.24, 2.45) is 5.92 Å². The van der Waals surface area contributed by atoms with Gasteiger partial charge in [-0.3, -0.25) is 4.79 Å². The third kappa shape index (κ3) is 2.93. The number of carbonyl (C=O) groups excluding carboxylic acids is 1. The Bertz CT molecular complexity index is 604. The van der Waals surface area contributed by atoms with Crippen molar-refractivity contribution >= 4 is 22.5 Å². The molecule has 0 bridgehead atoms. The molecule has 0 spiro atoms. The molecule has 5 heteroatoms. The summed E-state index contributed by atoms with van der Waals surface area (Å²) < 4.78 is 5.15. The van der Waals surface area contributed by atoms with Gasteiger partial charge < -0.3 is 20.8 Å². The van der Waals surface area contributed by atoms with E-state index in [-0.39, 0.29) is 11.9 Å². The number of hydrogen-bond acceptors (Lipinski definition) is 3. The highest BCUT2D eigenvalue weighted by Crippen LogP contribution is 2.21. The number of anilines is 1. The Morgan fingerprint density at radius 3 is 2.85 bits per heavy atom. The van der Waals surface area contributed by atoms with E-state index < -0.39 is 0 Å². The molecule has 4 N–H and O–H groups in total. The maximum Gasteiger partial charge on any atom is 0.253 e. The van der Waals surface area contributed by atoms with Crippen molar-refractivity contribution in [3.63, 3.8) is 0 Å². The molecule has 1 amide bonds. The molecule has 0 aliphatic rings. The van der Waals surface area contributed by atoms with E-state index in [0.29, 0.717) is 23.8 Å². The summed E-state index contributed by atoms with van der Waals surface area (Å²) in [5, 5.41) is 3.88. The van der Waals surface area contributed by atoms with Crippen molar-refractivity contribution in [2.45, 2.75) is 19.9 Å². The maximum atomic E-state index is 12.4. The molecular formula is C15H21N3O2. The summed E-state index contributed by atoms with van der Waals surface area (Å²) in [6.07, 6.45) is 1.71. The van der Waals surface area contributed by atoms with Crippen molar-refractivity contribution in [3.05, 3.63) is 30.0 Å². The fraction of sp³-hybridized carbons (Fsp3) is 0.400. The van der Waals surface area contributed by atoms with Gasteiger partial charge in [-0.25, -0.2) is 0 Å². The van der Waals surface area contributed by atoms with E-state index in [1.54, 1.807) is 19.4 Å². The first-order valence-corrected chi connectivity index (χ1v) is 6.69. The van der Waals surface area contributed by atoms with Crippen molar-refractivity contribution < 1.29 is 9.53 Å². The smallest absolute Gasteiger partial charge is 0.253 e. The van der Waals surface area contributed by atoms with Crippen LogP contribution in [0.25, 0.3) is 10.9 Å². The van der Waals surface area contributed by atoms with Crippen molar-refractivity contribution in [2.75, 3.05) is 19.5 Å². The fourth-order valence-corrected chi connectivity index (χ4v) is 2.16. The zero-order chi connectivity index (χ0) is 14.7. The Kier molecular flexibility index (Phi) is 4.29. The SMILES string of the molecule is COCC(NC(=O)c1c[nH]c2cc(N)ccc12)C(C)C. The third-order valence-corrected chi connectivity index (χ3v) is 3.42. The second-order valence-corrected chi connectivity index (χ2v) is 5.29. The number of carbonyl (C=O) groups is 1. The van der Waals surface area contributed by atoms with Crippen LogP contribution in [0.5, 0.6) is 0 Å². The fourth-order valence-electron chi connectivity index (χ4n) is 2.16. The van der Waals surface area contributed by atoms with Crippen LogP contribution in [0, 0.1) is 5.92 Å². The molecular weight excluding hydrogens is 254 g/mol. The second-order valence-electron chi connectivity index (χ2n) is 5.29. The average molecular weight is 275 g/mol. The molecule has 2 rings (SSSR count). The third-order valence-electron chi connectivity index (χ3n) is 3.42. The Morgan fingerprint density at radius 1 is 1.45 bits per heavy atom. The van der Waals surface area contributed by atoms with Crippen molar-refractivity contribution in [3.8, 4) is 0 Å². The number of H-pyrrole nitrogens is 1. The number of methoxy groups -OCH3 is 1. The number of rotatable bonds is 5. The Hall–Kier alpha value is -2.01. The molecule has 1 aromatic heterocycles. The van der Waals surface area contributed by atoms with Crippen LogP contribution in [0.15, 0.2) is 24.4 Å². The largest absolute Gasteiger partial charge is 0.399 e. The summed E-state index contributed by atoms with van der Waals surface area (Å²) in [5.74, 6) is 0.205. The van der Waals surface area contributed by atoms with E-state index in [9.17, 15) is 4.79 Å². The lowest BCUT2D eigenvalue weighted by Crippen LogP contribution is -2.41. The topological polar surface area (TPSA) is 80.1 Å². The summed E-state index contributed by atoms with van der Waals surface area (Å²) in [7, 11) is 1.63. The molecule has 108 valence electrons. The Balaban J connectivity index is 2.23. The van der Waals surface area contributed by atoms with Gasteiger partial charge in [0.2, 0.25) is 0 Å². The first-order valence-electron chi connectivity index (χ1n) is 6.69. The number of benzene rings is 1. The number of aromatic nitrogens is 1. The van der Waals surface area contributed by atoms with E-state index in [2.05, 4.69) is 24.1 Å². The van der Waals surface area contributed by atoms with Gasteiger partial charge in [-0.2, -0.15) is 0 Å². The van der Waals surface area contributed by atoms with Gasteiger partial charge in [0.1, 0.15) is 0 Å². The van der Waals surface area contributed by atoms with Gasteiger partial charge in [-0.1, -0.05) is 13.8 Å². The number of aromatic amines is 1. The summed E-state index contributed by atoms with van der Waals surface area (Å²) in [6.45, 7) is 4.61. The summed E-state index contributed by atoms with van der Waals surface area (Å²) in [5.41, 5.74) is 7.89. The average Bonchev–Trinajstić information content (AvgIpc) is 2.80. The molecule has 1 atom stereocenters. The zero-order valence-electron chi connectivity index (χ0n) is 12.1. The van der Waals surface area contributed by atoms with Gasteiger partial charge in [0, 0.05) is 29.9 Å². The lowest BCUT2D eigenvalue weighted by Gasteiger charge is -2.21. The second kappa shape index (κ2) is 5.96. The number of nitrogens with one attached hydrogen (secondary N) is 2. The minimum atomic E-state index is -0.100. The minimum Gasteiger partial charge on any atom is -0.399 e. The highest BCUT2D eigenvalue weighted by molar-refractivity contribution is 6.07. The molecule has 1 heterocycles. The molecule has 0 aliphatic carbocycles. The van der Waals surface area contributed by atoms with Crippen LogP contribution in [-0.4, -0.2) is 30.6 Å². The normalized spacial score (nSPS) is 12.8. The van der Waals surface area contributed by atoms with E-state index in [0.717, 1.165) is 10.9 Å². The molecule has 0 saturated carbocycles. The number of hydrogen-bond donors (Lipinski definition) is 3. The van der Waals surface area contributed by atoms with Crippen LogP contribution in [0.4, 0.5) is 5.69 Å². The van der Waals surface area contributed by atoms with Gasteiger partial charge in [-0.05, 0) is 24.1 Å². The standard InChI is InChI=1S/C15H21N3O2/c1-9(2)14(8-20-3)18-15(19)12-7-17-13-6-10(16)4-5-11(12)13/h4-7,9,14,17H,8,16H2,1-3H3,(H,18,19). The molecule has 0 aliphatic heterocycles. The first kappa shape index (κ1) is 14.4. The van der Waals surface area contributed by atoms with Gasteiger partial charge in [0.05, 0.1) is 18.2 Å². The highest BCUT2D eigenvalue weighted by Gasteiger charge is 2.19. The first-order chi connectivity index (χ1) is 9.52. The van der Waals surface area contributed by atoms with Crippen LogP contribution < -0.4 is 11.1 Å². The molecule has 20 heavy (non-hydrogen) atoms. The predicted octanol–water partition coefficient (Wildman–Crippen LogP) is 2.15. The van der Waals surface area contributed by atoms with Crippen molar-refractivity contribution in [1.82, 2.24) is 10.3 Å². The summed E-state index contributed by atoms with van der Waals surface area (Å²) >= 11 is 0. The Labute approximate surface area is 118 Å². The lowest BCUT2D eigenvalue weighted by molar-refractivity contribution is 0.0868. The van der Waals surface area contributed by atoms with Crippen LogP contribution in [-0.2, 0) is 4.74 Å². The van der Waals surface area contributed by atoms with Gasteiger partial charge in [0.15, 0.2) is 0 Å². The summed E-state index contributed by atoms with van der Waals surface area (Å²) in [6, 6.07) is 5.46. The van der Waals surface area contributed by atoms with E-state index >= 15 is 0 Å². The number of nitrogen functional groups attached to an aromatic ring is 1. The number of ether oxygens (including phenoxy) is 1. The van der Waals surface area contributed by atoms with Crippen LogP contribution in [0.3, 0.4) is 0 Å². The molecule has 0 saturated heterocycles. The van der Waals surface area contributed by atoms with Crippen molar-refractivity contribution in [1.29, 1.82) is 0 Å². The monoisotopic (exact) mass is 275 g/mol. The quantitative estimate of drug-likeness (QED) is 0.731. The molecule has 1 aromatic carbocycles. The van der Waals surface area contributed by atoms with Crippen LogP contribution >= 0.6 is 0 Å². The van der Waals surface area contributed by atoms with Crippen LogP contribution in [0.2, 0.25) is 0 Å². The molecule has 2 aromatic rings. The van der Waals surface area contributed by atoms with E-state index in [4.69, 9.17) is 10.5 Å². The molecule has 1 unspecified atom stereocenters. The maximum absolute atomic E-state index is 12.4. The highest BCUT2D eigenvalue weighted by atomic mass is 16.5. The lowest BCUT2D eigenvalue weighted by atomic mass is 10.0. The zero-order valence-corrected chi connectivity index (χ0v) is 12.1. The molecule has 5 nitrogen and oxygen atoms in total. The minimum absolute atomic E-state index is 0.00812. The van der Waals surface area contributed by atoms with Gasteiger partial charge >= 0.3 is 0 Å². The number of amides is 1. The van der Waals surface area contributed by atoms with Gasteiger partial charge in [0.25, 0.3) is 5.91 Å². The summed E-state index contributed by atoms with van der Waals surface area (Å²) in [4.78, 5) is 15.4. The number of nitrogens with two attached hydrogens (primary N) is 1.